The fourth-order valence-corrected chi connectivity index (χ4v) is 1.59. The Kier molecular flexibility index (Phi) is 3.88. The van der Waals surface area contributed by atoms with Crippen molar-refractivity contribution in [3.8, 4) is 11.4 Å². The van der Waals surface area contributed by atoms with Crippen molar-refractivity contribution < 1.29 is 9.13 Å². The maximum Gasteiger partial charge on any atom is 0.167 e. The van der Waals surface area contributed by atoms with E-state index < -0.39 is 5.82 Å². The normalized spacial score (nSPS) is 10.6. The van der Waals surface area contributed by atoms with Gasteiger partial charge in [-0.1, -0.05) is 5.21 Å². The van der Waals surface area contributed by atoms with Gasteiger partial charge in [-0.25, -0.2) is 9.07 Å². The Labute approximate surface area is 105 Å². The van der Waals surface area contributed by atoms with Crippen LogP contribution in [0, 0.1) is 5.82 Å². The van der Waals surface area contributed by atoms with Gasteiger partial charge in [0.1, 0.15) is 0 Å². The van der Waals surface area contributed by atoms with E-state index >= 15 is 0 Å². The van der Waals surface area contributed by atoms with Crippen LogP contribution in [-0.2, 0) is 6.54 Å². The van der Waals surface area contributed by atoms with Gasteiger partial charge in [-0.15, -0.1) is 5.10 Å². The first-order valence-electron chi connectivity index (χ1n) is 5.73. The Morgan fingerprint density at radius 2 is 2.28 bits per heavy atom. The van der Waals surface area contributed by atoms with Crippen LogP contribution in [0.1, 0.15) is 12.6 Å². The molecule has 5 nitrogen and oxygen atoms in total. The molecular formula is C12H15FN4O. The van der Waals surface area contributed by atoms with Crippen molar-refractivity contribution in [1.29, 1.82) is 0 Å². The minimum Gasteiger partial charge on any atom is -0.491 e. The lowest BCUT2D eigenvalue weighted by atomic mass is 10.3. The van der Waals surface area contributed by atoms with E-state index in [9.17, 15) is 4.39 Å². The molecule has 0 saturated heterocycles. The predicted molar refractivity (Wildman–Crippen MR) is 65.2 cm³/mol. The number of hydrogen-bond donors (Lipinski definition) is 1. The second kappa shape index (κ2) is 5.59. The summed E-state index contributed by atoms with van der Waals surface area (Å²) in [7, 11) is 1.83. The third kappa shape index (κ3) is 2.65. The summed E-state index contributed by atoms with van der Waals surface area (Å²) < 4.78 is 20.4. The number of hydrogen-bond acceptors (Lipinski definition) is 4. The van der Waals surface area contributed by atoms with E-state index in [1.54, 1.807) is 18.3 Å². The number of benzene rings is 1. The maximum absolute atomic E-state index is 13.7. The lowest BCUT2D eigenvalue weighted by molar-refractivity contribution is 0.321. The van der Waals surface area contributed by atoms with Gasteiger partial charge in [0.25, 0.3) is 0 Å². The number of nitrogens with zero attached hydrogens (tertiary/aromatic N) is 3. The molecule has 0 radical (unpaired) electrons. The molecular weight excluding hydrogens is 235 g/mol. The summed E-state index contributed by atoms with van der Waals surface area (Å²) in [5.74, 6) is -0.156. The summed E-state index contributed by atoms with van der Waals surface area (Å²) in [6.07, 6.45) is 1.76. The van der Waals surface area contributed by atoms with Crippen LogP contribution in [0.4, 0.5) is 4.39 Å². The summed E-state index contributed by atoms with van der Waals surface area (Å²) in [5, 5.41) is 10.9. The van der Waals surface area contributed by atoms with Crippen molar-refractivity contribution in [2.75, 3.05) is 13.7 Å². The Balaban J connectivity index is 2.24. The van der Waals surface area contributed by atoms with Crippen molar-refractivity contribution in [3.63, 3.8) is 0 Å². The van der Waals surface area contributed by atoms with Crippen LogP contribution in [0.5, 0.6) is 5.75 Å². The fourth-order valence-electron chi connectivity index (χ4n) is 1.59. The maximum atomic E-state index is 13.7. The highest BCUT2D eigenvalue weighted by Gasteiger charge is 2.07. The van der Waals surface area contributed by atoms with Gasteiger partial charge in [-0.3, -0.25) is 0 Å². The van der Waals surface area contributed by atoms with Crippen molar-refractivity contribution in [1.82, 2.24) is 20.3 Å². The molecule has 0 bridgehead atoms. The second-order valence-electron chi connectivity index (χ2n) is 3.73. The van der Waals surface area contributed by atoms with E-state index in [1.807, 2.05) is 14.0 Å². The van der Waals surface area contributed by atoms with Crippen molar-refractivity contribution in [3.05, 3.63) is 35.9 Å². The lowest BCUT2D eigenvalue weighted by Gasteiger charge is -2.06. The molecule has 1 aromatic heterocycles. The van der Waals surface area contributed by atoms with Gasteiger partial charge in [0.2, 0.25) is 0 Å². The zero-order chi connectivity index (χ0) is 13.0. The highest BCUT2D eigenvalue weighted by Crippen LogP contribution is 2.20. The van der Waals surface area contributed by atoms with Gasteiger partial charge in [0, 0.05) is 12.6 Å². The van der Waals surface area contributed by atoms with Crippen molar-refractivity contribution >= 4 is 0 Å². The van der Waals surface area contributed by atoms with E-state index in [0.29, 0.717) is 18.8 Å². The summed E-state index contributed by atoms with van der Waals surface area (Å²) in [4.78, 5) is 0. The molecule has 96 valence electrons. The summed E-state index contributed by atoms with van der Waals surface area (Å²) >= 11 is 0. The van der Waals surface area contributed by atoms with Crippen LogP contribution in [0.25, 0.3) is 5.69 Å². The molecule has 0 fully saturated rings. The predicted octanol–water partition coefficient (Wildman–Crippen LogP) is 1.52. The highest BCUT2D eigenvalue weighted by molar-refractivity contribution is 5.38. The zero-order valence-corrected chi connectivity index (χ0v) is 10.4. The van der Waals surface area contributed by atoms with Crippen LogP contribution in [0.15, 0.2) is 24.4 Å². The highest BCUT2D eigenvalue weighted by atomic mass is 19.1. The molecule has 0 aliphatic heterocycles. The summed E-state index contributed by atoms with van der Waals surface area (Å²) in [5.41, 5.74) is 1.41. The molecule has 6 heteroatoms. The smallest absolute Gasteiger partial charge is 0.167 e. The van der Waals surface area contributed by atoms with E-state index in [1.165, 1.54) is 10.7 Å². The molecule has 1 aromatic carbocycles. The third-order valence-electron chi connectivity index (χ3n) is 2.38. The molecule has 1 N–H and O–H groups in total. The standard InChI is InChI=1S/C12H15FN4O/c1-3-18-12-5-4-10(6-11(12)13)17-8-9(7-14-2)15-16-17/h4-6,8,14H,3,7H2,1-2H3. The number of ether oxygens (including phenoxy) is 1. The number of halogens is 1. The summed E-state index contributed by atoms with van der Waals surface area (Å²) in [6.45, 7) is 2.88. The molecule has 1 heterocycles. The first-order valence-corrected chi connectivity index (χ1v) is 5.73. The van der Waals surface area contributed by atoms with E-state index in [-0.39, 0.29) is 5.75 Å². The number of rotatable bonds is 5. The number of aromatic nitrogens is 3. The van der Waals surface area contributed by atoms with Gasteiger partial charge < -0.3 is 10.1 Å². The topological polar surface area (TPSA) is 52.0 Å². The van der Waals surface area contributed by atoms with Gasteiger partial charge >= 0.3 is 0 Å². The summed E-state index contributed by atoms with van der Waals surface area (Å²) in [6, 6.07) is 4.71. The molecule has 0 unspecified atom stereocenters. The number of nitrogens with one attached hydrogen (secondary N) is 1. The first kappa shape index (κ1) is 12.5. The van der Waals surface area contributed by atoms with Crippen molar-refractivity contribution in [2.45, 2.75) is 13.5 Å². The molecule has 0 saturated carbocycles. The van der Waals surface area contributed by atoms with Gasteiger partial charge in [-0.2, -0.15) is 0 Å². The minimum atomic E-state index is -0.403. The Hall–Kier alpha value is -1.95. The average molecular weight is 250 g/mol. The Bertz CT molecular complexity index is 527. The first-order chi connectivity index (χ1) is 8.74. The Morgan fingerprint density at radius 3 is 2.94 bits per heavy atom. The third-order valence-corrected chi connectivity index (χ3v) is 2.38. The van der Waals surface area contributed by atoms with Crippen LogP contribution < -0.4 is 10.1 Å². The molecule has 0 amide bonds. The lowest BCUT2D eigenvalue weighted by Crippen LogP contribution is -2.05. The van der Waals surface area contributed by atoms with E-state index in [2.05, 4.69) is 15.6 Å². The van der Waals surface area contributed by atoms with Crippen LogP contribution in [0.2, 0.25) is 0 Å². The van der Waals surface area contributed by atoms with Crippen LogP contribution >= 0.6 is 0 Å². The SMILES string of the molecule is CCOc1ccc(-n2cc(CNC)nn2)cc1F. The van der Waals surface area contributed by atoms with E-state index in [4.69, 9.17) is 4.74 Å². The van der Waals surface area contributed by atoms with Crippen LogP contribution in [-0.4, -0.2) is 28.6 Å². The molecule has 0 aliphatic rings. The van der Waals surface area contributed by atoms with Crippen molar-refractivity contribution in [2.24, 2.45) is 0 Å². The van der Waals surface area contributed by atoms with Crippen LogP contribution in [0.3, 0.4) is 0 Å². The Morgan fingerprint density at radius 1 is 1.44 bits per heavy atom. The molecule has 0 aliphatic carbocycles. The fraction of sp³-hybridized carbons (Fsp3) is 0.333. The molecule has 18 heavy (non-hydrogen) atoms. The average Bonchev–Trinajstić information content (AvgIpc) is 2.81. The molecule has 2 rings (SSSR count). The second-order valence-corrected chi connectivity index (χ2v) is 3.73. The van der Waals surface area contributed by atoms with Gasteiger partial charge in [-0.05, 0) is 26.1 Å². The van der Waals surface area contributed by atoms with Gasteiger partial charge in [0.05, 0.1) is 24.2 Å². The molecule has 0 spiro atoms. The quantitative estimate of drug-likeness (QED) is 0.874. The molecule has 0 atom stereocenters. The van der Waals surface area contributed by atoms with E-state index in [0.717, 1.165) is 5.69 Å². The minimum absolute atomic E-state index is 0.247. The molecule has 2 aromatic rings. The monoisotopic (exact) mass is 250 g/mol. The largest absolute Gasteiger partial charge is 0.491 e. The van der Waals surface area contributed by atoms with Gasteiger partial charge in [0.15, 0.2) is 11.6 Å². The zero-order valence-electron chi connectivity index (χ0n) is 10.4.